The summed E-state index contributed by atoms with van der Waals surface area (Å²) < 4.78 is 21.5. The zero-order chi connectivity index (χ0) is 20.0. The SMILES string of the molecule is CCOC(=O)C1(CCOC)CCN(C[C@H](C)Cc2ccc3c(c2)OCO3)CC1. The van der Waals surface area contributed by atoms with Gasteiger partial charge in [-0.05, 0) is 69.3 Å². The molecule has 0 aliphatic carbocycles. The van der Waals surface area contributed by atoms with Crippen LogP contribution in [0.15, 0.2) is 18.2 Å². The highest BCUT2D eigenvalue weighted by Crippen LogP contribution is 2.37. The van der Waals surface area contributed by atoms with Crippen molar-refractivity contribution < 1.29 is 23.7 Å². The van der Waals surface area contributed by atoms with Crippen LogP contribution in [0.3, 0.4) is 0 Å². The van der Waals surface area contributed by atoms with Crippen molar-refractivity contribution in [2.75, 3.05) is 46.8 Å². The molecule has 0 N–H and O–H groups in total. The highest BCUT2D eigenvalue weighted by Gasteiger charge is 2.42. The Labute approximate surface area is 168 Å². The summed E-state index contributed by atoms with van der Waals surface area (Å²) in [5.41, 5.74) is 0.887. The van der Waals surface area contributed by atoms with Gasteiger partial charge in [0.15, 0.2) is 11.5 Å². The predicted octanol–water partition coefficient (Wildman–Crippen LogP) is 3.28. The molecule has 0 spiro atoms. The van der Waals surface area contributed by atoms with Crippen molar-refractivity contribution >= 4 is 5.97 Å². The Hall–Kier alpha value is -1.79. The Morgan fingerprint density at radius 2 is 2.00 bits per heavy atom. The topological polar surface area (TPSA) is 57.2 Å². The van der Waals surface area contributed by atoms with Crippen molar-refractivity contribution in [2.24, 2.45) is 11.3 Å². The van der Waals surface area contributed by atoms with E-state index in [9.17, 15) is 4.79 Å². The van der Waals surface area contributed by atoms with Crippen molar-refractivity contribution in [3.63, 3.8) is 0 Å². The van der Waals surface area contributed by atoms with E-state index in [1.807, 2.05) is 13.0 Å². The standard InChI is InChI=1S/C22H33NO5/c1-4-26-21(24)22(9-12-25-3)7-10-23(11-8-22)15-17(2)13-18-5-6-19-20(14-18)28-16-27-19/h5-6,14,17H,4,7-13,15-16H2,1-3H3/t17-/m1/s1. The van der Waals surface area contributed by atoms with Gasteiger partial charge in [-0.2, -0.15) is 0 Å². The first kappa shape index (κ1) is 20.9. The van der Waals surface area contributed by atoms with Crippen LogP contribution in [0.2, 0.25) is 0 Å². The average molecular weight is 392 g/mol. The molecule has 3 rings (SSSR count). The highest BCUT2D eigenvalue weighted by molar-refractivity contribution is 5.77. The summed E-state index contributed by atoms with van der Waals surface area (Å²) in [5.74, 6) is 2.15. The largest absolute Gasteiger partial charge is 0.466 e. The molecule has 2 aliphatic rings. The zero-order valence-corrected chi connectivity index (χ0v) is 17.4. The van der Waals surface area contributed by atoms with Gasteiger partial charge in [0.1, 0.15) is 0 Å². The summed E-state index contributed by atoms with van der Waals surface area (Å²) >= 11 is 0. The predicted molar refractivity (Wildman–Crippen MR) is 107 cm³/mol. The second kappa shape index (κ2) is 9.61. The van der Waals surface area contributed by atoms with Gasteiger partial charge in [-0.25, -0.2) is 0 Å². The van der Waals surface area contributed by atoms with Gasteiger partial charge in [0.25, 0.3) is 0 Å². The number of benzene rings is 1. The number of hydrogen-bond acceptors (Lipinski definition) is 6. The number of ether oxygens (including phenoxy) is 4. The maximum Gasteiger partial charge on any atom is 0.312 e. The maximum absolute atomic E-state index is 12.6. The minimum absolute atomic E-state index is 0.0555. The Balaban J connectivity index is 1.51. The van der Waals surface area contributed by atoms with E-state index in [1.165, 1.54) is 5.56 Å². The molecule has 28 heavy (non-hydrogen) atoms. The number of hydrogen-bond donors (Lipinski definition) is 0. The van der Waals surface area contributed by atoms with E-state index in [2.05, 4.69) is 24.0 Å². The molecule has 1 aromatic rings. The van der Waals surface area contributed by atoms with Gasteiger partial charge < -0.3 is 23.8 Å². The summed E-state index contributed by atoms with van der Waals surface area (Å²) in [6.45, 7) is 8.37. The van der Waals surface area contributed by atoms with Crippen LogP contribution in [-0.4, -0.2) is 57.6 Å². The molecule has 156 valence electrons. The van der Waals surface area contributed by atoms with Crippen molar-refractivity contribution in [1.82, 2.24) is 4.90 Å². The van der Waals surface area contributed by atoms with Crippen LogP contribution in [0, 0.1) is 11.3 Å². The summed E-state index contributed by atoms with van der Waals surface area (Å²) in [4.78, 5) is 15.0. The molecule has 6 nitrogen and oxygen atoms in total. The van der Waals surface area contributed by atoms with Crippen molar-refractivity contribution in [3.8, 4) is 11.5 Å². The third kappa shape index (κ3) is 4.97. The van der Waals surface area contributed by atoms with E-state index in [0.29, 0.717) is 25.9 Å². The Morgan fingerprint density at radius 3 is 2.71 bits per heavy atom. The first-order chi connectivity index (χ1) is 13.6. The fourth-order valence-corrected chi connectivity index (χ4v) is 4.28. The number of carbonyl (C=O) groups excluding carboxylic acids is 1. The van der Waals surface area contributed by atoms with Crippen LogP contribution in [-0.2, 0) is 20.7 Å². The molecular weight excluding hydrogens is 358 g/mol. The number of piperidine rings is 1. The minimum Gasteiger partial charge on any atom is -0.466 e. The first-order valence-corrected chi connectivity index (χ1v) is 10.3. The van der Waals surface area contributed by atoms with E-state index in [-0.39, 0.29) is 11.4 Å². The molecule has 1 atom stereocenters. The molecule has 1 saturated heterocycles. The number of rotatable bonds is 9. The highest BCUT2D eigenvalue weighted by atomic mass is 16.7. The lowest BCUT2D eigenvalue weighted by Gasteiger charge is -2.40. The first-order valence-electron chi connectivity index (χ1n) is 10.3. The third-order valence-electron chi connectivity index (χ3n) is 5.90. The summed E-state index contributed by atoms with van der Waals surface area (Å²) in [6.07, 6.45) is 3.42. The lowest BCUT2D eigenvalue weighted by atomic mass is 9.75. The molecule has 0 bridgehead atoms. The fourth-order valence-electron chi connectivity index (χ4n) is 4.28. The zero-order valence-electron chi connectivity index (χ0n) is 17.4. The molecule has 0 saturated carbocycles. The van der Waals surface area contributed by atoms with Crippen molar-refractivity contribution in [1.29, 1.82) is 0 Å². The quantitative estimate of drug-likeness (QED) is 0.602. The lowest BCUT2D eigenvalue weighted by Crippen LogP contribution is -2.46. The van der Waals surface area contributed by atoms with E-state index in [1.54, 1.807) is 7.11 Å². The summed E-state index contributed by atoms with van der Waals surface area (Å²) in [6, 6.07) is 6.21. The fraction of sp³-hybridized carbons (Fsp3) is 0.682. The third-order valence-corrected chi connectivity index (χ3v) is 5.90. The van der Waals surface area contributed by atoms with Gasteiger partial charge in [-0.1, -0.05) is 13.0 Å². The van der Waals surface area contributed by atoms with Crippen LogP contribution < -0.4 is 9.47 Å². The molecule has 1 aromatic carbocycles. The monoisotopic (exact) mass is 391 g/mol. The number of nitrogens with zero attached hydrogens (tertiary/aromatic N) is 1. The van der Waals surface area contributed by atoms with E-state index in [0.717, 1.165) is 56.8 Å². The van der Waals surface area contributed by atoms with Gasteiger partial charge in [0.2, 0.25) is 6.79 Å². The number of carbonyl (C=O) groups is 1. The molecule has 0 unspecified atom stereocenters. The van der Waals surface area contributed by atoms with Gasteiger partial charge in [0.05, 0.1) is 12.0 Å². The van der Waals surface area contributed by atoms with E-state index < -0.39 is 0 Å². The summed E-state index contributed by atoms with van der Waals surface area (Å²) in [7, 11) is 1.69. The molecule has 1 fully saturated rings. The van der Waals surface area contributed by atoms with Gasteiger partial charge in [0, 0.05) is 20.3 Å². The lowest BCUT2D eigenvalue weighted by molar-refractivity contribution is -0.160. The normalized spacial score (nSPS) is 19.4. The smallest absolute Gasteiger partial charge is 0.312 e. The second-order valence-corrected chi connectivity index (χ2v) is 8.04. The van der Waals surface area contributed by atoms with E-state index in [4.69, 9.17) is 18.9 Å². The van der Waals surface area contributed by atoms with Crippen LogP contribution >= 0.6 is 0 Å². The molecule has 0 aromatic heterocycles. The van der Waals surface area contributed by atoms with Crippen LogP contribution in [0.4, 0.5) is 0 Å². The van der Waals surface area contributed by atoms with Gasteiger partial charge in [-0.15, -0.1) is 0 Å². The van der Waals surface area contributed by atoms with Crippen LogP contribution in [0.25, 0.3) is 0 Å². The Bertz CT molecular complexity index is 654. The Morgan fingerprint density at radius 1 is 1.25 bits per heavy atom. The number of esters is 1. The average Bonchev–Trinajstić information content (AvgIpc) is 3.15. The Kier molecular flexibility index (Phi) is 7.18. The molecular formula is C22H33NO5. The molecule has 0 amide bonds. The molecule has 2 aliphatic heterocycles. The van der Waals surface area contributed by atoms with Gasteiger partial charge >= 0.3 is 5.97 Å². The van der Waals surface area contributed by atoms with Crippen molar-refractivity contribution in [3.05, 3.63) is 23.8 Å². The minimum atomic E-state index is -0.386. The summed E-state index contributed by atoms with van der Waals surface area (Å²) in [5, 5.41) is 0. The van der Waals surface area contributed by atoms with Crippen LogP contribution in [0.5, 0.6) is 11.5 Å². The van der Waals surface area contributed by atoms with Crippen LogP contribution in [0.1, 0.15) is 38.7 Å². The number of likely N-dealkylation sites (tertiary alicyclic amines) is 1. The molecule has 6 heteroatoms. The number of fused-ring (bicyclic) bond motifs is 1. The van der Waals surface area contributed by atoms with E-state index >= 15 is 0 Å². The number of methoxy groups -OCH3 is 1. The second-order valence-electron chi connectivity index (χ2n) is 8.04. The molecule has 2 heterocycles. The molecule has 0 radical (unpaired) electrons. The van der Waals surface area contributed by atoms with Gasteiger partial charge in [-0.3, -0.25) is 4.79 Å². The maximum atomic E-state index is 12.6. The van der Waals surface area contributed by atoms with Crippen molar-refractivity contribution in [2.45, 2.75) is 39.5 Å².